The van der Waals surface area contributed by atoms with Crippen molar-refractivity contribution in [2.75, 3.05) is 6.54 Å². The Balaban J connectivity index is 2.61. The SMILES string of the molecule is O=C1NCCCCC1=NO. The van der Waals surface area contributed by atoms with Gasteiger partial charge in [0.2, 0.25) is 0 Å². The maximum Gasteiger partial charge on any atom is 0.269 e. The van der Waals surface area contributed by atoms with Crippen molar-refractivity contribution in [1.82, 2.24) is 5.32 Å². The zero-order valence-corrected chi connectivity index (χ0v) is 5.63. The normalized spacial score (nSPS) is 24.0. The number of hydrogen-bond acceptors (Lipinski definition) is 3. The molecule has 0 atom stereocenters. The zero-order valence-electron chi connectivity index (χ0n) is 5.63. The van der Waals surface area contributed by atoms with Crippen LogP contribution in [0.4, 0.5) is 0 Å². The third-order valence-electron chi connectivity index (χ3n) is 1.51. The molecule has 56 valence electrons. The standard InChI is InChI=1S/C6H10N2O2/c9-6-5(8-10)3-1-2-4-7-6/h10H,1-4H2,(H,7,9). The van der Waals surface area contributed by atoms with Crippen LogP contribution in [0.3, 0.4) is 0 Å². The molecular formula is C6H10N2O2. The number of oxime groups is 1. The fourth-order valence-electron chi connectivity index (χ4n) is 0.930. The Labute approximate surface area is 58.9 Å². The number of nitrogens with zero attached hydrogens (tertiary/aromatic N) is 1. The van der Waals surface area contributed by atoms with Crippen LogP contribution in [-0.4, -0.2) is 23.4 Å². The molecule has 2 N–H and O–H groups in total. The monoisotopic (exact) mass is 142 g/mol. The molecule has 0 aromatic rings. The molecule has 1 saturated heterocycles. The Bertz CT molecular complexity index is 165. The lowest BCUT2D eigenvalue weighted by atomic mass is 10.2. The smallest absolute Gasteiger partial charge is 0.269 e. The van der Waals surface area contributed by atoms with Gasteiger partial charge in [-0.1, -0.05) is 5.16 Å². The molecule has 0 unspecified atom stereocenters. The first-order chi connectivity index (χ1) is 4.84. The van der Waals surface area contributed by atoms with Crippen LogP contribution in [-0.2, 0) is 4.79 Å². The number of nitrogens with one attached hydrogen (secondary N) is 1. The highest BCUT2D eigenvalue weighted by molar-refractivity contribution is 6.38. The summed E-state index contributed by atoms with van der Waals surface area (Å²) < 4.78 is 0. The van der Waals surface area contributed by atoms with Gasteiger partial charge in [-0.3, -0.25) is 4.79 Å². The third kappa shape index (κ3) is 1.46. The Morgan fingerprint density at radius 1 is 1.50 bits per heavy atom. The molecule has 4 nitrogen and oxygen atoms in total. The van der Waals surface area contributed by atoms with Crippen molar-refractivity contribution in [3.8, 4) is 0 Å². The van der Waals surface area contributed by atoms with Crippen molar-refractivity contribution in [1.29, 1.82) is 0 Å². The summed E-state index contributed by atoms with van der Waals surface area (Å²) in [5.74, 6) is -0.236. The molecule has 0 aliphatic carbocycles. The van der Waals surface area contributed by atoms with Gasteiger partial charge in [-0.15, -0.1) is 0 Å². The predicted molar refractivity (Wildman–Crippen MR) is 36.1 cm³/mol. The molecule has 0 bridgehead atoms. The van der Waals surface area contributed by atoms with Gasteiger partial charge in [0.1, 0.15) is 5.71 Å². The van der Waals surface area contributed by atoms with Gasteiger partial charge in [0.25, 0.3) is 5.91 Å². The molecule has 0 aromatic heterocycles. The van der Waals surface area contributed by atoms with Gasteiger partial charge in [0.15, 0.2) is 0 Å². The van der Waals surface area contributed by atoms with Crippen LogP contribution in [0.1, 0.15) is 19.3 Å². The lowest BCUT2D eigenvalue weighted by molar-refractivity contribution is -0.114. The highest BCUT2D eigenvalue weighted by Crippen LogP contribution is 2.01. The maximum absolute atomic E-state index is 10.8. The van der Waals surface area contributed by atoms with Crippen molar-refractivity contribution < 1.29 is 10.0 Å². The van der Waals surface area contributed by atoms with Crippen LogP contribution in [0.25, 0.3) is 0 Å². The van der Waals surface area contributed by atoms with E-state index in [1.165, 1.54) is 0 Å². The predicted octanol–water partition coefficient (Wildman–Crippen LogP) is 0.117. The summed E-state index contributed by atoms with van der Waals surface area (Å²) in [5, 5.41) is 13.8. The molecule has 10 heavy (non-hydrogen) atoms. The summed E-state index contributed by atoms with van der Waals surface area (Å²) in [6.07, 6.45) is 2.46. The quantitative estimate of drug-likeness (QED) is 0.372. The van der Waals surface area contributed by atoms with Gasteiger partial charge in [0.05, 0.1) is 0 Å². The number of amides is 1. The highest BCUT2D eigenvalue weighted by Gasteiger charge is 2.13. The number of carbonyl (C=O) groups excluding carboxylic acids is 1. The Morgan fingerprint density at radius 2 is 2.30 bits per heavy atom. The summed E-state index contributed by atoms with van der Waals surface area (Å²) in [7, 11) is 0. The largest absolute Gasteiger partial charge is 0.410 e. The van der Waals surface area contributed by atoms with Crippen LogP contribution in [0.5, 0.6) is 0 Å². The van der Waals surface area contributed by atoms with Crippen LogP contribution >= 0.6 is 0 Å². The van der Waals surface area contributed by atoms with E-state index in [4.69, 9.17) is 5.21 Å². The number of carbonyl (C=O) groups is 1. The van der Waals surface area contributed by atoms with Crippen LogP contribution in [0, 0.1) is 0 Å². The minimum atomic E-state index is -0.236. The minimum absolute atomic E-state index is 0.236. The fourth-order valence-corrected chi connectivity index (χ4v) is 0.930. The number of hydrogen-bond donors (Lipinski definition) is 2. The van der Waals surface area contributed by atoms with Crippen molar-refractivity contribution in [3.63, 3.8) is 0 Å². The van der Waals surface area contributed by atoms with Crippen molar-refractivity contribution in [2.45, 2.75) is 19.3 Å². The van der Waals surface area contributed by atoms with Gasteiger partial charge in [-0.2, -0.15) is 0 Å². The summed E-state index contributed by atoms with van der Waals surface area (Å²) in [4.78, 5) is 10.8. The van der Waals surface area contributed by atoms with E-state index < -0.39 is 0 Å². The summed E-state index contributed by atoms with van der Waals surface area (Å²) in [6, 6.07) is 0. The zero-order chi connectivity index (χ0) is 7.40. The summed E-state index contributed by atoms with van der Waals surface area (Å²) >= 11 is 0. The number of rotatable bonds is 0. The van der Waals surface area contributed by atoms with Gasteiger partial charge < -0.3 is 10.5 Å². The Hall–Kier alpha value is -1.06. The van der Waals surface area contributed by atoms with Crippen molar-refractivity contribution in [3.05, 3.63) is 0 Å². The first kappa shape index (κ1) is 7.05. The molecule has 0 spiro atoms. The summed E-state index contributed by atoms with van der Waals surface area (Å²) in [6.45, 7) is 0.692. The third-order valence-corrected chi connectivity index (χ3v) is 1.51. The van der Waals surface area contributed by atoms with Crippen molar-refractivity contribution >= 4 is 11.6 Å². The molecular weight excluding hydrogens is 132 g/mol. The first-order valence-electron chi connectivity index (χ1n) is 3.33. The van der Waals surface area contributed by atoms with E-state index in [2.05, 4.69) is 10.5 Å². The van der Waals surface area contributed by atoms with Gasteiger partial charge in [-0.05, 0) is 19.3 Å². The molecule has 1 fully saturated rings. The van der Waals surface area contributed by atoms with E-state index >= 15 is 0 Å². The lowest BCUT2D eigenvalue weighted by Gasteiger charge is -1.96. The molecule has 0 radical (unpaired) electrons. The lowest BCUT2D eigenvalue weighted by Crippen LogP contribution is -2.28. The fraction of sp³-hybridized carbons (Fsp3) is 0.667. The average molecular weight is 142 g/mol. The Kier molecular flexibility index (Phi) is 2.25. The van der Waals surface area contributed by atoms with E-state index in [1.54, 1.807) is 0 Å². The second kappa shape index (κ2) is 3.20. The van der Waals surface area contributed by atoms with E-state index in [-0.39, 0.29) is 11.6 Å². The van der Waals surface area contributed by atoms with Gasteiger partial charge in [0, 0.05) is 6.54 Å². The molecule has 1 rings (SSSR count). The molecule has 1 aliphatic heterocycles. The van der Waals surface area contributed by atoms with Gasteiger partial charge >= 0.3 is 0 Å². The van der Waals surface area contributed by atoms with Gasteiger partial charge in [-0.25, -0.2) is 0 Å². The second-order valence-electron chi connectivity index (χ2n) is 2.26. The molecule has 1 amide bonds. The molecule has 4 heteroatoms. The summed E-state index contributed by atoms with van der Waals surface area (Å²) in [5.41, 5.74) is 0.248. The molecule has 0 aromatic carbocycles. The van der Waals surface area contributed by atoms with Crippen LogP contribution in [0.15, 0.2) is 5.16 Å². The Morgan fingerprint density at radius 3 is 3.00 bits per heavy atom. The molecule has 1 aliphatic rings. The van der Waals surface area contributed by atoms with E-state index in [9.17, 15) is 4.79 Å². The van der Waals surface area contributed by atoms with E-state index in [0.717, 1.165) is 12.8 Å². The van der Waals surface area contributed by atoms with E-state index in [0.29, 0.717) is 13.0 Å². The molecule has 1 heterocycles. The van der Waals surface area contributed by atoms with Crippen LogP contribution in [0.2, 0.25) is 0 Å². The highest BCUT2D eigenvalue weighted by atomic mass is 16.4. The topological polar surface area (TPSA) is 61.7 Å². The molecule has 0 saturated carbocycles. The second-order valence-corrected chi connectivity index (χ2v) is 2.26. The van der Waals surface area contributed by atoms with E-state index in [1.807, 2.05) is 0 Å². The maximum atomic E-state index is 10.8. The average Bonchev–Trinajstić information content (AvgIpc) is 2.13. The van der Waals surface area contributed by atoms with Crippen LogP contribution < -0.4 is 5.32 Å². The van der Waals surface area contributed by atoms with Crippen molar-refractivity contribution in [2.24, 2.45) is 5.16 Å². The minimum Gasteiger partial charge on any atom is -0.410 e. The first-order valence-corrected chi connectivity index (χ1v) is 3.33.